The molecule has 2 atom stereocenters. The summed E-state index contributed by atoms with van der Waals surface area (Å²) in [6.45, 7) is 43.4. The van der Waals surface area contributed by atoms with Gasteiger partial charge in [0.25, 0.3) is 0 Å². The Morgan fingerprint density at radius 2 is 0.629 bits per heavy atom. The summed E-state index contributed by atoms with van der Waals surface area (Å²) in [5.74, 6) is 3.25. The van der Waals surface area contributed by atoms with Gasteiger partial charge in [-0.2, -0.15) is 0 Å². The zero-order valence-electron chi connectivity index (χ0n) is 42.4. The number of hydrogen-bond acceptors (Lipinski definition) is 6. The van der Waals surface area contributed by atoms with Gasteiger partial charge in [0.1, 0.15) is 23.0 Å². The summed E-state index contributed by atoms with van der Waals surface area (Å²) in [5.41, 5.74) is 8.10. The van der Waals surface area contributed by atoms with Gasteiger partial charge in [0, 0.05) is 41.8 Å². The first kappa shape index (κ1) is 53.1. The summed E-state index contributed by atoms with van der Waals surface area (Å²) < 4.78 is 0. The SMILES string of the molecule is CC(C)Cc1cc(O)c(C(C)(C)C)cc1Sc1cc(C(C)(C)C)c(O)cc1CC(C)C.CCC(C)c1cc(O)c(C(C)(C)C)cc1Sc1cc(C(C)(C)C)c(O)cc1C(C)CC. The van der Waals surface area contributed by atoms with Gasteiger partial charge >= 0.3 is 0 Å². The van der Waals surface area contributed by atoms with Crippen LogP contribution in [0.25, 0.3) is 0 Å². The lowest BCUT2D eigenvalue weighted by molar-refractivity contribution is 0.442. The molecule has 0 radical (unpaired) electrons. The Morgan fingerprint density at radius 3 is 0.871 bits per heavy atom. The van der Waals surface area contributed by atoms with Crippen molar-refractivity contribution in [2.24, 2.45) is 11.8 Å². The molecule has 0 fully saturated rings. The number of phenols is 4. The molecule has 0 aromatic heterocycles. The fourth-order valence-electron chi connectivity index (χ4n) is 7.81. The Balaban J connectivity index is 0.000000330. The molecule has 0 saturated carbocycles. The van der Waals surface area contributed by atoms with Gasteiger partial charge in [0.2, 0.25) is 0 Å². The van der Waals surface area contributed by atoms with Crippen LogP contribution in [-0.4, -0.2) is 20.4 Å². The number of phenolic OH excluding ortho intramolecular Hbond substituents is 4. The molecule has 0 heterocycles. The molecule has 0 bridgehead atoms. The normalized spacial score (nSPS) is 13.6. The molecule has 4 aromatic rings. The van der Waals surface area contributed by atoms with E-state index in [0.29, 0.717) is 46.7 Å². The standard InChI is InChI=1S/2C28H42O2S/c1-17(2)11-19-13-23(29)21(27(5,6)7)15-25(19)31-26-16-22(28(8,9)10)24(30)14-20(26)12-18(3)4;1-11-17(3)19-13-23(29)21(27(5,6)7)15-25(19)31-26-16-22(28(8,9)10)24(30)14-20(26)18(4)12-2/h2*13-18,29-30H,11-12H2,1-10H3. The first-order chi connectivity index (χ1) is 28.3. The van der Waals surface area contributed by atoms with Gasteiger partial charge < -0.3 is 20.4 Å². The van der Waals surface area contributed by atoms with Gasteiger partial charge in [-0.05, 0) is 142 Å². The van der Waals surface area contributed by atoms with E-state index in [1.165, 1.54) is 41.8 Å². The van der Waals surface area contributed by atoms with E-state index in [0.717, 1.165) is 47.9 Å². The highest BCUT2D eigenvalue weighted by Gasteiger charge is 2.27. The van der Waals surface area contributed by atoms with Gasteiger partial charge in [0.05, 0.1) is 0 Å². The predicted molar refractivity (Wildman–Crippen MR) is 270 cm³/mol. The molecule has 344 valence electrons. The van der Waals surface area contributed by atoms with E-state index in [1.54, 1.807) is 23.5 Å². The second-order valence-electron chi connectivity index (χ2n) is 22.8. The maximum absolute atomic E-state index is 10.8. The van der Waals surface area contributed by atoms with Crippen LogP contribution in [0.15, 0.2) is 68.1 Å². The van der Waals surface area contributed by atoms with Crippen LogP contribution in [0.4, 0.5) is 0 Å². The molecule has 0 spiro atoms. The minimum Gasteiger partial charge on any atom is -0.508 e. The van der Waals surface area contributed by atoms with Gasteiger partial charge in [-0.15, -0.1) is 0 Å². The molecular formula is C56H84O4S2. The van der Waals surface area contributed by atoms with Gasteiger partial charge in [-0.25, -0.2) is 0 Å². The molecule has 4 aromatic carbocycles. The second kappa shape index (κ2) is 20.7. The van der Waals surface area contributed by atoms with Gasteiger partial charge in [0.15, 0.2) is 0 Å². The largest absolute Gasteiger partial charge is 0.508 e. The molecule has 62 heavy (non-hydrogen) atoms. The molecule has 4 nitrogen and oxygen atoms in total. The summed E-state index contributed by atoms with van der Waals surface area (Å²) in [4.78, 5) is 4.80. The molecule has 0 aliphatic rings. The Morgan fingerprint density at radius 1 is 0.387 bits per heavy atom. The minimum atomic E-state index is -0.140. The van der Waals surface area contributed by atoms with Crippen molar-refractivity contribution in [3.8, 4) is 23.0 Å². The van der Waals surface area contributed by atoms with Crippen molar-refractivity contribution in [2.75, 3.05) is 0 Å². The van der Waals surface area contributed by atoms with Crippen molar-refractivity contribution in [1.29, 1.82) is 0 Å². The lowest BCUT2D eigenvalue weighted by atomic mass is 9.84. The van der Waals surface area contributed by atoms with Crippen molar-refractivity contribution in [2.45, 2.75) is 217 Å². The van der Waals surface area contributed by atoms with Crippen molar-refractivity contribution < 1.29 is 20.4 Å². The van der Waals surface area contributed by atoms with Gasteiger partial charge in [-0.3, -0.25) is 0 Å². The number of hydrogen-bond donors (Lipinski definition) is 4. The lowest BCUT2D eigenvalue weighted by Crippen LogP contribution is -2.13. The van der Waals surface area contributed by atoms with E-state index >= 15 is 0 Å². The van der Waals surface area contributed by atoms with Crippen LogP contribution in [0.3, 0.4) is 0 Å². The predicted octanol–water partition coefficient (Wildman–Crippen LogP) is 17.1. The van der Waals surface area contributed by atoms with Crippen LogP contribution in [0, 0.1) is 11.8 Å². The van der Waals surface area contributed by atoms with E-state index in [-0.39, 0.29) is 21.7 Å². The topological polar surface area (TPSA) is 80.9 Å². The van der Waals surface area contributed by atoms with Crippen LogP contribution < -0.4 is 0 Å². The monoisotopic (exact) mass is 885 g/mol. The summed E-state index contributed by atoms with van der Waals surface area (Å²) in [7, 11) is 0. The van der Waals surface area contributed by atoms with E-state index < -0.39 is 0 Å². The summed E-state index contributed by atoms with van der Waals surface area (Å²) in [6, 6.07) is 16.6. The maximum Gasteiger partial charge on any atom is 0.119 e. The highest BCUT2D eigenvalue weighted by atomic mass is 32.2. The van der Waals surface area contributed by atoms with Crippen LogP contribution in [0.2, 0.25) is 0 Å². The molecule has 2 unspecified atom stereocenters. The van der Waals surface area contributed by atoms with Crippen molar-refractivity contribution >= 4 is 23.5 Å². The third kappa shape index (κ3) is 13.9. The van der Waals surface area contributed by atoms with Crippen LogP contribution in [0.5, 0.6) is 23.0 Å². The first-order valence-electron chi connectivity index (χ1n) is 23.1. The molecule has 4 N–H and O–H groups in total. The highest BCUT2D eigenvalue weighted by Crippen LogP contribution is 2.47. The van der Waals surface area contributed by atoms with Crippen molar-refractivity contribution in [3.63, 3.8) is 0 Å². The summed E-state index contributed by atoms with van der Waals surface area (Å²) in [6.07, 6.45) is 3.87. The molecule has 6 heteroatoms. The highest BCUT2D eigenvalue weighted by molar-refractivity contribution is 7.99. The number of aromatic hydroxyl groups is 4. The van der Waals surface area contributed by atoms with Crippen LogP contribution in [-0.2, 0) is 34.5 Å². The Labute approximate surface area is 387 Å². The third-order valence-corrected chi connectivity index (χ3v) is 14.2. The second-order valence-corrected chi connectivity index (χ2v) is 25.0. The maximum atomic E-state index is 10.8. The Bertz CT molecular complexity index is 1980. The quantitative estimate of drug-likeness (QED) is 0.113. The zero-order chi connectivity index (χ0) is 47.4. The minimum absolute atomic E-state index is 0.137. The fourth-order valence-corrected chi connectivity index (χ4v) is 10.3. The van der Waals surface area contributed by atoms with Crippen molar-refractivity contribution in [1.82, 2.24) is 0 Å². The third-order valence-electron chi connectivity index (χ3n) is 11.8. The first-order valence-corrected chi connectivity index (χ1v) is 24.8. The average molecular weight is 885 g/mol. The van der Waals surface area contributed by atoms with E-state index in [2.05, 4.69) is 163 Å². The smallest absolute Gasteiger partial charge is 0.119 e. The van der Waals surface area contributed by atoms with Gasteiger partial charge in [-0.1, -0.05) is 162 Å². The molecule has 0 aliphatic heterocycles. The molecule has 4 rings (SSSR count). The zero-order valence-corrected chi connectivity index (χ0v) is 44.0. The number of rotatable bonds is 12. The van der Waals surface area contributed by atoms with Crippen LogP contribution >= 0.6 is 23.5 Å². The van der Waals surface area contributed by atoms with E-state index in [9.17, 15) is 20.4 Å². The lowest BCUT2D eigenvalue weighted by Gasteiger charge is -2.27. The van der Waals surface area contributed by atoms with E-state index in [1.807, 2.05) is 24.3 Å². The Kier molecular flexibility index (Phi) is 17.8. The van der Waals surface area contributed by atoms with E-state index in [4.69, 9.17) is 0 Å². The molecule has 0 saturated heterocycles. The van der Waals surface area contributed by atoms with Crippen molar-refractivity contribution in [3.05, 3.63) is 93.0 Å². The summed E-state index contributed by atoms with van der Waals surface area (Å²) in [5, 5.41) is 43.1. The molecule has 0 aliphatic carbocycles. The molecular weight excluding hydrogens is 801 g/mol. The molecule has 0 amide bonds. The van der Waals surface area contributed by atoms with Crippen LogP contribution in [0.1, 0.15) is 208 Å². The number of benzene rings is 4. The average Bonchev–Trinajstić information content (AvgIpc) is 3.11. The fraction of sp³-hybridized carbons (Fsp3) is 0.571. The summed E-state index contributed by atoms with van der Waals surface area (Å²) >= 11 is 3.56. The Hall–Kier alpha value is -3.22.